The molecular weight excluding hydrogens is 364 g/mol. The maximum atomic E-state index is 11.5. The number of benzene rings is 2. The quantitative estimate of drug-likeness (QED) is 0.853. The molecule has 2 aromatic rings. The van der Waals surface area contributed by atoms with Gasteiger partial charge in [-0.3, -0.25) is 9.69 Å². The topological polar surface area (TPSA) is 46.3 Å². The van der Waals surface area contributed by atoms with E-state index in [1.807, 2.05) is 12.1 Å². The van der Waals surface area contributed by atoms with Crippen molar-refractivity contribution in [2.24, 2.45) is 5.73 Å². The lowest BCUT2D eigenvalue weighted by atomic mass is 9.85. The van der Waals surface area contributed by atoms with E-state index in [0.29, 0.717) is 11.5 Å². The standard InChI is InChI=1S/C20H23BrN2O/c1-14-18(11-17(20(22)24)12-19(14)21)16-7-9-23(10-8-16)13-15-5-3-2-4-6-15/h2-6,11-12,16H,7-10,13H2,1H3,(H2,22,24). The first-order valence-corrected chi connectivity index (χ1v) is 9.20. The van der Waals surface area contributed by atoms with E-state index in [2.05, 4.69) is 58.1 Å². The van der Waals surface area contributed by atoms with E-state index in [1.165, 1.54) is 16.7 Å². The molecule has 2 N–H and O–H groups in total. The Labute approximate surface area is 152 Å². The average molecular weight is 387 g/mol. The molecule has 1 amide bonds. The molecule has 3 nitrogen and oxygen atoms in total. The molecule has 126 valence electrons. The van der Waals surface area contributed by atoms with Crippen LogP contribution in [-0.2, 0) is 6.54 Å². The van der Waals surface area contributed by atoms with E-state index >= 15 is 0 Å². The second-order valence-electron chi connectivity index (χ2n) is 6.57. The molecule has 0 aliphatic carbocycles. The maximum absolute atomic E-state index is 11.5. The lowest BCUT2D eigenvalue weighted by Gasteiger charge is -2.33. The zero-order valence-electron chi connectivity index (χ0n) is 14.0. The van der Waals surface area contributed by atoms with E-state index in [-0.39, 0.29) is 5.91 Å². The van der Waals surface area contributed by atoms with E-state index < -0.39 is 0 Å². The average Bonchev–Trinajstić information content (AvgIpc) is 2.59. The Morgan fingerprint density at radius 3 is 2.50 bits per heavy atom. The van der Waals surface area contributed by atoms with Gasteiger partial charge in [0.05, 0.1) is 0 Å². The summed E-state index contributed by atoms with van der Waals surface area (Å²) in [5.41, 5.74) is 9.91. The van der Waals surface area contributed by atoms with Crippen LogP contribution in [0.2, 0.25) is 0 Å². The molecule has 3 rings (SSSR count). The van der Waals surface area contributed by atoms with Gasteiger partial charge in [-0.05, 0) is 67.6 Å². The molecule has 0 unspecified atom stereocenters. The van der Waals surface area contributed by atoms with Gasteiger partial charge in [0.25, 0.3) is 0 Å². The number of halogens is 1. The number of amides is 1. The molecule has 4 heteroatoms. The van der Waals surface area contributed by atoms with Crippen molar-refractivity contribution < 1.29 is 4.79 Å². The highest BCUT2D eigenvalue weighted by Gasteiger charge is 2.23. The molecule has 24 heavy (non-hydrogen) atoms. The van der Waals surface area contributed by atoms with Gasteiger partial charge in [-0.1, -0.05) is 46.3 Å². The summed E-state index contributed by atoms with van der Waals surface area (Å²) in [5.74, 6) is 0.131. The molecule has 1 aliphatic rings. The molecule has 0 bridgehead atoms. The van der Waals surface area contributed by atoms with Crippen molar-refractivity contribution in [3.8, 4) is 0 Å². The minimum absolute atomic E-state index is 0.363. The maximum Gasteiger partial charge on any atom is 0.248 e. The third-order valence-electron chi connectivity index (χ3n) is 4.95. The first kappa shape index (κ1) is 17.2. The summed E-state index contributed by atoms with van der Waals surface area (Å²) in [5, 5.41) is 0. The van der Waals surface area contributed by atoms with Gasteiger partial charge in [-0.25, -0.2) is 0 Å². The van der Waals surface area contributed by atoms with Crippen molar-refractivity contribution in [1.29, 1.82) is 0 Å². The largest absolute Gasteiger partial charge is 0.366 e. The molecule has 0 aromatic heterocycles. The van der Waals surface area contributed by atoms with Crippen LogP contribution in [0.15, 0.2) is 46.9 Å². The number of carbonyl (C=O) groups is 1. The van der Waals surface area contributed by atoms with Gasteiger partial charge in [-0.15, -0.1) is 0 Å². The van der Waals surface area contributed by atoms with Crippen LogP contribution in [0.25, 0.3) is 0 Å². The summed E-state index contributed by atoms with van der Waals surface area (Å²) in [4.78, 5) is 14.1. The van der Waals surface area contributed by atoms with Crippen LogP contribution in [0.5, 0.6) is 0 Å². The highest BCUT2D eigenvalue weighted by molar-refractivity contribution is 9.10. The first-order chi connectivity index (χ1) is 11.5. The van der Waals surface area contributed by atoms with Gasteiger partial charge < -0.3 is 5.73 Å². The number of primary amides is 1. The zero-order chi connectivity index (χ0) is 17.1. The van der Waals surface area contributed by atoms with E-state index in [0.717, 1.165) is 36.9 Å². The Hall–Kier alpha value is -1.65. The molecule has 0 spiro atoms. The normalized spacial score (nSPS) is 16.2. The minimum atomic E-state index is -0.363. The molecule has 1 saturated heterocycles. The van der Waals surface area contributed by atoms with Crippen LogP contribution < -0.4 is 5.73 Å². The van der Waals surface area contributed by atoms with Gasteiger partial charge in [0.1, 0.15) is 0 Å². The van der Waals surface area contributed by atoms with E-state index in [9.17, 15) is 4.79 Å². The number of nitrogens with two attached hydrogens (primary N) is 1. The van der Waals surface area contributed by atoms with Crippen molar-refractivity contribution in [3.63, 3.8) is 0 Å². The highest BCUT2D eigenvalue weighted by atomic mass is 79.9. The SMILES string of the molecule is Cc1c(Br)cc(C(N)=O)cc1C1CCN(Cc2ccccc2)CC1. The van der Waals surface area contributed by atoms with Gasteiger partial charge in [0.2, 0.25) is 5.91 Å². The predicted octanol–water partition coefficient (Wildman–Crippen LogP) is 4.24. The van der Waals surface area contributed by atoms with E-state index in [1.54, 1.807) is 0 Å². The van der Waals surface area contributed by atoms with Crippen LogP contribution in [-0.4, -0.2) is 23.9 Å². The lowest BCUT2D eigenvalue weighted by Crippen LogP contribution is -2.32. The summed E-state index contributed by atoms with van der Waals surface area (Å²) in [6, 6.07) is 14.4. The third kappa shape index (κ3) is 3.87. The van der Waals surface area contributed by atoms with Crippen molar-refractivity contribution in [1.82, 2.24) is 4.90 Å². The molecule has 1 fully saturated rings. The van der Waals surface area contributed by atoms with Gasteiger partial charge >= 0.3 is 0 Å². The number of likely N-dealkylation sites (tertiary alicyclic amines) is 1. The molecule has 0 saturated carbocycles. The Bertz CT molecular complexity index is 722. The van der Waals surface area contributed by atoms with Gasteiger partial charge in [0.15, 0.2) is 0 Å². The number of piperidine rings is 1. The van der Waals surface area contributed by atoms with Crippen molar-refractivity contribution in [2.75, 3.05) is 13.1 Å². The highest BCUT2D eigenvalue weighted by Crippen LogP contribution is 2.34. The number of hydrogen-bond acceptors (Lipinski definition) is 2. The van der Waals surface area contributed by atoms with Gasteiger partial charge in [0, 0.05) is 16.6 Å². The fourth-order valence-corrected chi connectivity index (χ4v) is 3.99. The molecule has 2 aromatic carbocycles. The Kier molecular flexibility index (Phi) is 5.36. The lowest BCUT2D eigenvalue weighted by molar-refractivity contribution is 0.1000. The van der Waals surface area contributed by atoms with Crippen molar-refractivity contribution >= 4 is 21.8 Å². The van der Waals surface area contributed by atoms with Gasteiger partial charge in [-0.2, -0.15) is 0 Å². The summed E-state index contributed by atoms with van der Waals surface area (Å²) < 4.78 is 0.973. The predicted molar refractivity (Wildman–Crippen MR) is 101 cm³/mol. The fourth-order valence-electron chi connectivity index (χ4n) is 3.51. The van der Waals surface area contributed by atoms with Crippen LogP contribution in [0, 0.1) is 6.92 Å². The molecule has 0 radical (unpaired) electrons. The fraction of sp³-hybridized carbons (Fsp3) is 0.350. The molecule has 0 atom stereocenters. The number of rotatable bonds is 4. The first-order valence-electron chi connectivity index (χ1n) is 8.40. The summed E-state index contributed by atoms with van der Waals surface area (Å²) in [7, 11) is 0. The van der Waals surface area contributed by atoms with Crippen molar-refractivity contribution in [3.05, 3.63) is 69.2 Å². The van der Waals surface area contributed by atoms with E-state index in [4.69, 9.17) is 5.73 Å². The Morgan fingerprint density at radius 2 is 1.88 bits per heavy atom. The molecule has 1 heterocycles. The molecular formula is C20H23BrN2O. The van der Waals surface area contributed by atoms with Crippen LogP contribution >= 0.6 is 15.9 Å². The number of nitrogens with zero attached hydrogens (tertiary/aromatic N) is 1. The second-order valence-corrected chi connectivity index (χ2v) is 7.43. The van der Waals surface area contributed by atoms with Crippen LogP contribution in [0.1, 0.15) is 45.8 Å². The molecule has 1 aliphatic heterocycles. The summed E-state index contributed by atoms with van der Waals surface area (Å²) >= 11 is 3.57. The smallest absolute Gasteiger partial charge is 0.248 e. The number of hydrogen-bond donors (Lipinski definition) is 1. The monoisotopic (exact) mass is 386 g/mol. The Morgan fingerprint density at radius 1 is 1.21 bits per heavy atom. The summed E-state index contributed by atoms with van der Waals surface area (Å²) in [6.07, 6.45) is 2.23. The third-order valence-corrected chi connectivity index (χ3v) is 5.77. The number of carbonyl (C=O) groups excluding carboxylic acids is 1. The van der Waals surface area contributed by atoms with Crippen LogP contribution in [0.3, 0.4) is 0 Å². The van der Waals surface area contributed by atoms with Crippen molar-refractivity contribution in [2.45, 2.75) is 32.2 Å². The summed E-state index contributed by atoms with van der Waals surface area (Å²) in [6.45, 7) is 5.28. The minimum Gasteiger partial charge on any atom is -0.366 e. The Balaban J connectivity index is 1.69. The van der Waals surface area contributed by atoms with Crippen LogP contribution in [0.4, 0.5) is 0 Å². The zero-order valence-corrected chi connectivity index (χ0v) is 15.6. The second kappa shape index (κ2) is 7.49.